The summed E-state index contributed by atoms with van der Waals surface area (Å²) >= 11 is 1.28. The molecule has 1 saturated heterocycles. The fraction of sp³-hybridized carbons (Fsp3) is 0.353. The SMILES string of the molecule is O=C(O)[C@@H]1CCCCN1C(=O)c1csc(Cc2ccccc2F)n1. The lowest BCUT2D eigenvalue weighted by molar-refractivity contribution is -0.143. The van der Waals surface area contributed by atoms with E-state index in [4.69, 9.17) is 0 Å². The van der Waals surface area contributed by atoms with Crippen molar-refractivity contribution in [3.63, 3.8) is 0 Å². The Kier molecular flexibility index (Phi) is 4.89. The number of aromatic nitrogens is 1. The van der Waals surface area contributed by atoms with Crippen LogP contribution in [0.5, 0.6) is 0 Å². The Bertz CT molecular complexity index is 762. The second-order valence-corrected chi connectivity index (χ2v) is 6.69. The van der Waals surface area contributed by atoms with Crippen LogP contribution < -0.4 is 0 Å². The Morgan fingerprint density at radius 2 is 2.12 bits per heavy atom. The topological polar surface area (TPSA) is 70.5 Å². The molecule has 0 aliphatic carbocycles. The third-order valence-electron chi connectivity index (χ3n) is 4.12. The van der Waals surface area contributed by atoms with Gasteiger partial charge in [0.2, 0.25) is 0 Å². The molecule has 1 amide bonds. The van der Waals surface area contributed by atoms with Crippen molar-refractivity contribution in [2.24, 2.45) is 0 Å². The predicted octanol–water partition coefficient (Wildman–Crippen LogP) is 2.95. The van der Waals surface area contributed by atoms with Gasteiger partial charge in [0.15, 0.2) is 0 Å². The van der Waals surface area contributed by atoms with Gasteiger partial charge in [0.05, 0.1) is 5.01 Å². The molecule has 3 rings (SSSR count). The summed E-state index contributed by atoms with van der Waals surface area (Å²) in [6.45, 7) is 0.427. The number of aliphatic carboxylic acids is 1. The number of nitrogens with zero attached hydrogens (tertiary/aromatic N) is 2. The zero-order valence-corrected chi connectivity index (χ0v) is 13.8. The van der Waals surface area contributed by atoms with E-state index in [1.54, 1.807) is 23.6 Å². The molecule has 7 heteroatoms. The predicted molar refractivity (Wildman–Crippen MR) is 87.6 cm³/mol. The standard InChI is InChI=1S/C17H17FN2O3S/c18-12-6-2-1-5-11(12)9-15-19-13(10-24-15)16(21)20-8-4-3-7-14(20)17(22)23/h1-2,5-6,10,14H,3-4,7-9H2,(H,22,23)/t14-/m0/s1. The summed E-state index contributed by atoms with van der Waals surface area (Å²) in [5.41, 5.74) is 0.756. The molecule has 1 aliphatic rings. The molecule has 1 N–H and O–H groups in total. The first kappa shape index (κ1) is 16.6. The van der Waals surface area contributed by atoms with Crippen LogP contribution in [0.4, 0.5) is 4.39 Å². The molecular formula is C17H17FN2O3S. The normalized spacial score (nSPS) is 17.7. The van der Waals surface area contributed by atoms with E-state index in [0.29, 0.717) is 30.0 Å². The summed E-state index contributed by atoms with van der Waals surface area (Å²) in [6, 6.07) is 5.66. The number of carbonyl (C=O) groups is 2. The smallest absolute Gasteiger partial charge is 0.326 e. The third-order valence-corrected chi connectivity index (χ3v) is 4.97. The highest BCUT2D eigenvalue weighted by Crippen LogP contribution is 2.22. The van der Waals surface area contributed by atoms with Crippen LogP contribution in [0.15, 0.2) is 29.6 Å². The van der Waals surface area contributed by atoms with Gasteiger partial charge in [0.25, 0.3) is 5.91 Å². The second kappa shape index (κ2) is 7.09. The van der Waals surface area contributed by atoms with Gasteiger partial charge in [-0.15, -0.1) is 11.3 Å². The number of amides is 1. The van der Waals surface area contributed by atoms with E-state index in [0.717, 1.165) is 12.8 Å². The summed E-state index contributed by atoms with van der Waals surface area (Å²) < 4.78 is 13.7. The van der Waals surface area contributed by atoms with Crippen LogP contribution in [0, 0.1) is 5.82 Å². The van der Waals surface area contributed by atoms with Crippen LogP contribution in [-0.4, -0.2) is 39.5 Å². The van der Waals surface area contributed by atoms with Crippen LogP contribution in [-0.2, 0) is 11.2 Å². The summed E-state index contributed by atoms with van der Waals surface area (Å²) in [5.74, 6) is -1.65. The van der Waals surface area contributed by atoms with Crippen molar-refractivity contribution < 1.29 is 19.1 Å². The molecule has 2 heterocycles. The van der Waals surface area contributed by atoms with Crippen molar-refractivity contribution in [3.05, 3.63) is 51.7 Å². The maximum Gasteiger partial charge on any atom is 0.326 e. The van der Waals surface area contributed by atoms with Crippen molar-refractivity contribution in [3.8, 4) is 0 Å². The van der Waals surface area contributed by atoms with Gasteiger partial charge in [-0.2, -0.15) is 0 Å². The van der Waals surface area contributed by atoms with Gasteiger partial charge in [0.1, 0.15) is 17.6 Å². The highest BCUT2D eigenvalue weighted by atomic mass is 32.1. The number of carboxylic acid groups (broad SMARTS) is 1. The molecule has 1 aromatic heterocycles. The van der Waals surface area contributed by atoms with Gasteiger partial charge >= 0.3 is 5.97 Å². The summed E-state index contributed by atoms with van der Waals surface area (Å²) in [7, 11) is 0. The van der Waals surface area contributed by atoms with Gasteiger partial charge < -0.3 is 10.0 Å². The van der Waals surface area contributed by atoms with E-state index in [2.05, 4.69) is 4.98 Å². The number of hydrogen-bond donors (Lipinski definition) is 1. The number of carbonyl (C=O) groups excluding carboxylic acids is 1. The Morgan fingerprint density at radius 1 is 1.33 bits per heavy atom. The van der Waals surface area contributed by atoms with E-state index in [1.807, 2.05) is 0 Å². The second-order valence-electron chi connectivity index (χ2n) is 5.74. The van der Waals surface area contributed by atoms with E-state index >= 15 is 0 Å². The lowest BCUT2D eigenvalue weighted by Crippen LogP contribution is -2.48. The minimum Gasteiger partial charge on any atom is -0.480 e. The van der Waals surface area contributed by atoms with Crippen molar-refractivity contribution in [1.29, 1.82) is 0 Å². The monoisotopic (exact) mass is 348 g/mol. The Labute approximate surface area is 142 Å². The maximum absolute atomic E-state index is 13.7. The molecule has 1 aliphatic heterocycles. The first-order valence-corrected chi connectivity index (χ1v) is 8.66. The molecular weight excluding hydrogens is 331 g/mol. The van der Waals surface area contributed by atoms with Crippen molar-refractivity contribution >= 4 is 23.2 Å². The highest BCUT2D eigenvalue weighted by molar-refractivity contribution is 7.09. The van der Waals surface area contributed by atoms with Crippen LogP contribution in [0.3, 0.4) is 0 Å². The number of thiazole rings is 1. The first-order valence-electron chi connectivity index (χ1n) is 7.78. The molecule has 126 valence electrons. The van der Waals surface area contributed by atoms with Gasteiger partial charge in [0, 0.05) is 18.3 Å². The molecule has 0 radical (unpaired) electrons. The van der Waals surface area contributed by atoms with Crippen molar-refractivity contribution in [2.45, 2.75) is 31.7 Å². The average molecular weight is 348 g/mol. The van der Waals surface area contributed by atoms with E-state index in [1.165, 1.54) is 22.3 Å². The van der Waals surface area contributed by atoms with Crippen molar-refractivity contribution in [1.82, 2.24) is 9.88 Å². The Hall–Kier alpha value is -2.28. The van der Waals surface area contributed by atoms with Gasteiger partial charge in [-0.3, -0.25) is 4.79 Å². The highest BCUT2D eigenvalue weighted by Gasteiger charge is 2.33. The average Bonchev–Trinajstić information content (AvgIpc) is 3.05. The number of likely N-dealkylation sites (tertiary alicyclic amines) is 1. The molecule has 1 aromatic carbocycles. The van der Waals surface area contributed by atoms with E-state index < -0.39 is 12.0 Å². The first-order chi connectivity index (χ1) is 11.6. The molecule has 0 spiro atoms. The number of halogens is 1. The molecule has 2 aromatic rings. The van der Waals surface area contributed by atoms with Crippen LogP contribution in [0.2, 0.25) is 0 Å². The largest absolute Gasteiger partial charge is 0.480 e. The minimum absolute atomic E-state index is 0.236. The zero-order valence-electron chi connectivity index (χ0n) is 12.9. The molecule has 24 heavy (non-hydrogen) atoms. The third kappa shape index (κ3) is 3.46. The van der Waals surface area contributed by atoms with Crippen LogP contribution in [0.1, 0.15) is 40.3 Å². The number of carboxylic acids is 1. The quantitative estimate of drug-likeness (QED) is 0.922. The number of benzene rings is 1. The molecule has 5 nitrogen and oxygen atoms in total. The summed E-state index contributed by atoms with van der Waals surface area (Å²) in [6.07, 6.45) is 2.37. The van der Waals surface area contributed by atoms with Crippen LogP contribution in [0.25, 0.3) is 0 Å². The Morgan fingerprint density at radius 3 is 2.88 bits per heavy atom. The molecule has 1 fully saturated rings. The van der Waals surface area contributed by atoms with Crippen molar-refractivity contribution in [2.75, 3.05) is 6.54 Å². The van der Waals surface area contributed by atoms with Gasteiger partial charge in [-0.1, -0.05) is 18.2 Å². The number of rotatable bonds is 4. The Balaban J connectivity index is 1.76. The molecule has 0 unspecified atom stereocenters. The number of hydrogen-bond acceptors (Lipinski definition) is 4. The lowest BCUT2D eigenvalue weighted by atomic mass is 10.0. The molecule has 1 atom stereocenters. The van der Waals surface area contributed by atoms with Gasteiger partial charge in [-0.05, 0) is 30.9 Å². The maximum atomic E-state index is 13.7. The fourth-order valence-electron chi connectivity index (χ4n) is 2.87. The fourth-order valence-corrected chi connectivity index (χ4v) is 3.66. The zero-order chi connectivity index (χ0) is 17.1. The minimum atomic E-state index is -0.982. The summed E-state index contributed by atoms with van der Waals surface area (Å²) in [5, 5.41) is 11.5. The molecule has 0 bridgehead atoms. The number of piperidine rings is 1. The van der Waals surface area contributed by atoms with E-state index in [-0.39, 0.29) is 17.4 Å². The lowest BCUT2D eigenvalue weighted by Gasteiger charge is -2.32. The van der Waals surface area contributed by atoms with E-state index in [9.17, 15) is 19.1 Å². The molecule has 0 saturated carbocycles. The van der Waals surface area contributed by atoms with Crippen LogP contribution >= 0.6 is 11.3 Å². The van der Waals surface area contributed by atoms with Gasteiger partial charge in [-0.25, -0.2) is 14.2 Å². The summed E-state index contributed by atoms with van der Waals surface area (Å²) in [4.78, 5) is 29.6.